The van der Waals surface area contributed by atoms with E-state index < -0.39 is 60.3 Å². The molecular weight excluding hydrogens is 688 g/mol. The number of carbonyl (C=O) groups is 4. The molecule has 0 radical (unpaired) electrons. The smallest absolute Gasteiger partial charge is 0.245 e. The number of carbonyl (C=O) groups excluding carboxylic acids is 4. The van der Waals surface area contributed by atoms with Crippen LogP contribution in [-0.4, -0.2) is 128 Å². The Hall–Kier alpha value is -3.70. The lowest BCUT2D eigenvalue weighted by molar-refractivity contribution is -0.147. The van der Waals surface area contributed by atoms with E-state index in [0.717, 1.165) is 0 Å². The number of nitrogens with two attached hydrogens (primary N) is 1. The number of nitrogens with one attached hydrogen (secondary N) is 2. The van der Waals surface area contributed by atoms with Crippen molar-refractivity contribution in [2.45, 2.75) is 123 Å². The fourth-order valence-electron chi connectivity index (χ4n) is 7.78. The van der Waals surface area contributed by atoms with Crippen molar-refractivity contribution in [3.05, 3.63) is 29.8 Å². The van der Waals surface area contributed by atoms with Crippen molar-refractivity contribution in [1.29, 1.82) is 0 Å². The highest BCUT2D eigenvalue weighted by atomic mass is 16.5. The van der Waals surface area contributed by atoms with E-state index in [1.807, 2.05) is 60.5 Å². The largest absolute Gasteiger partial charge is 0.399 e. The van der Waals surface area contributed by atoms with Crippen LogP contribution in [0.1, 0.15) is 85.8 Å². The highest BCUT2D eigenvalue weighted by molar-refractivity contribution is 5.90. The average molecular weight is 757 g/mol. The number of methoxy groups -OCH3 is 2. The first-order valence-electron chi connectivity index (χ1n) is 19.2. The maximum absolute atomic E-state index is 14.2. The van der Waals surface area contributed by atoms with Gasteiger partial charge in [0.2, 0.25) is 23.6 Å². The Labute approximate surface area is 324 Å². The van der Waals surface area contributed by atoms with Crippen LogP contribution in [0.4, 0.5) is 5.69 Å². The van der Waals surface area contributed by atoms with Crippen LogP contribution in [0.5, 0.6) is 0 Å². The van der Waals surface area contributed by atoms with Gasteiger partial charge in [0.25, 0.3) is 0 Å². The first-order chi connectivity index (χ1) is 25.4. The summed E-state index contributed by atoms with van der Waals surface area (Å²) in [4.78, 5) is 60.6. The molecule has 1 unspecified atom stereocenters. The Bertz CT molecular complexity index is 1410. The van der Waals surface area contributed by atoms with Crippen molar-refractivity contribution >= 4 is 29.3 Å². The number of rotatable bonds is 20. The number of amides is 4. The number of likely N-dealkylation sites (N-methyl/N-ethyl adjacent to an activating group) is 2. The van der Waals surface area contributed by atoms with Gasteiger partial charge in [-0.2, -0.15) is 0 Å². The summed E-state index contributed by atoms with van der Waals surface area (Å²) in [5.41, 5.74) is 6.93. The van der Waals surface area contributed by atoms with Gasteiger partial charge in [-0.05, 0) is 69.3 Å². The van der Waals surface area contributed by atoms with Gasteiger partial charge < -0.3 is 40.7 Å². The zero-order valence-electron chi connectivity index (χ0n) is 34.7. The highest BCUT2D eigenvalue weighted by Crippen LogP contribution is 2.30. The molecule has 13 heteroatoms. The third kappa shape index (κ3) is 11.7. The number of nitrogen functional groups attached to an aromatic ring is 1. The summed E-state index contributed by atoms with van der Waals surface area (Å²) in [5, 5.41) is 16.8. The second kappa shape index (κ2) is 21.4. The fourth-order valence-corrected chi connectivity index (χ4v) is 7.78. The van der Waals surface area contributed by atoms with Gasteiger partial charge in [0.1, 0.15) is 18.1 Å². The van der Waals surface area contributed by atoms with Crippen LogP contribution in [-0.2, 0) is 28.7 Å². The average Bonchev–Trinajstić information content (AvgIpc) is 3.61. The SMILES string of the molecule is C#C[C@@H](C(=O)N[C@H](C)C(O)c1ccc(N)cc1)[C@@H](OC)[C@@H]1CCCN1C(=O)C[C@@H](OC)[C@H]([C@@H](C)CC)N(C)C(=O)[C@@H](NC(=O)[C@H](C(C)C)N(C)C)C(C)C. The lowest BCUT2D eigenvalue weighted by Crippen LogP contribution is -2.59. The molecule has 0 spiro atoms. The monoisotopic (exact) mass is 757 g/mol. The number of ether oxygens (including phenoxy) is 2. The summed E-state index contributed by atoms with van der Waals surface area (Å²) in [6.45, 7) is 13.9. The van der Waals surface area contributed by atoms with Crippen molar-refractivity contribution in [1.82, 2.24) is 25.3 Å². The molecule has 0 aliphatic carbocycles. The van der Waals surface area contributed by atoms with Crippen LogP contribution in [0, 0.1) is 36.0 Å². The van der Waals surface area contributed by atoms with Crippen molar-refractivity contribution < 1.29 is 33.8 Å². The van der Waals surface area contributed by atoms with Gasteiger partial charge in [-0.25, -0.2) is 0 Å². The summed E-state index contributed by atoms with van der Waals surface area (Å²) >= 11 is 0. The molecule has 13 nitrogen and oxygen atoms in total. The minimum Gasteiger partial charge on any atom is -0.399 e. The van der Waals surface area contributed by atoms with Crippen molar-refractivity contribution in [3.63, 3.8) is 0 Å². The number of aliphatic hydroxyl groups excluding tert-OH is 1. The zero-order valence-corrected chi connectivity index (χ0v) is 34.7. The molecule has 304 valence electrons. The molecule has 1 aromatic rings. The number of likely N-dealkylation sites (tertiary alicyclic amines) is 1. The highest BCUT2D eigenvalue weighted by Gasteiger charge is 2.44. The predicted molar refractivity (Wildman–Crippen MR) is 212 cm³/mol. The van der Waals surface area contributed by atoms with Gasteiger partial charge in [0.05, 0.1) is 42.8 Å². The third-order valence-corrected chi connectivity index (χ3v) is 11.0. The van der Waals surface area contributed by atoms with Gasteiger partial charge in [0, 0.05) is 33.5 Å². The van der Waals surface area contributed by atoms with Crippen LogP contribution < -0.4 is 16.4 Å². The van der Waals surface area contributed by atoms with Crippen LogP contribution in [0.2, 0.25) is 0 Å². The van der Waals surface area contributed by atoms with E-state index in [4.69, 9.17) is 21.6 Å². The summed E-state index contributed by atoms with van der Waals surface area (Å²) < 4.78 is 11.9. The van der Waals surface area contributed by atoms with E-state index in [2.05, 4.69) is 16.6 Å². The number of anilines is 1. The molecule has 4 amide bonds. The number of hydrogen-bond acceptors (Lipinski definition) is 9. The molecular formula is C41H68N6O7. The maximum atomic E-state index is 14.2. The molecule has 1 aromatic carbocycles. The first-order valence-corrected chi connectivity index (χ1v) is 19.2. The molecule has 1 fully saturated rings. The molecule has 54 heavy (non-hydrogen) atoms. The van der Waals surface area contributed by atoms with E-state index in [9.17, 15) is 24.3 Å². The molecule has 1 heterocycles. The molecule has 0 aromatic heterocycles. The Morgan fingerprint density at radius 2 is 1.59 bits per heavy atom. The molecule has 1 aliphatic rings. The maximum Gasteiger partial charge on any atom is 0.245 e. The van der Waals surface area contributed by atoms with Gasteiger partial charge in [-0.15, -0.1) is 6.42 Å². The minimum atomic E-state index is -1.05. The van der Waals surface area contributed by atoms with Gasteiger partial charge in [-0.1, -0.05) is 66.0 Å². The minimum absolute atomic E-state index is 0.0252. The number of aliphatic hydroxyl groups is 1. The van der Waals surface area contributed by atoms with Crippen LogP contribution in [0.25, 0.3) is 0 Å². The lowest BCUT2D eigenvalue weighted by atomic mass is 9.89. The molecule has 2 rings (SSSR count). The Morgan fingerprint density at radius 3 is 2.07 bits per heavy atom. The Kier molecular flexibility index (Phi) is 18.4. The summed E-state index contributed by atoms with van der Waals surface area (Å²) in [5.74, 6) is 0.159. The van der Waals surface area contributed by atoms with Crippen LogP contribution in [0.15, 0.2) is 24.3 Å². The number of terminal acetylenes is 1. The lowest BCUT2D eigenvalue weighted by Gasteiger charge is -2.41. The molecule has 0 saturated carbocycles. The number of benzene rings is 1. The Morgan fingerprint density at radius 1 is 0.981 bits per heavy atom. The van der Waals surface area contributed by atoms with E-state index in [0.29, 0.717) is 37.1 Å². The zero-order chi connectivity index (χ0) is 41.0. The molecule has 0 bridgehead atoms. The topological polar surface area (TPSA) is 167 Å². The van der Waals surface area contributed by atoms with Gasteiger partial charge in [0.15, 0.2) is 0 Å². The first kappa shape index (κ1) is 46.5. The second-order valence-corrected chi connectivity index (χ2v) is 15.7. The molecule has 1 saturated heterocycles. The number of nitrogens with zero attached hydrogens (tertiary/aromatic N) is 3. The molecule has 1 aliphatic heterocycles. The predicted octanol–water partition coefficient (Wildman–Crippen LogP) is 3.07. The van der Waals surface area contributed by atoms with Crippen molar-refractivity contribution in [2.24, 2.45) is 23.7 Å². The van der Waals surface area contributed by atoms with Gasteiger partial charge in [-0.3, -0.25) is 24.1 Å². The summed E-state index contributed by atoms with van der Waals surface area (Å²) in [6, 6.07) is 3.91. The van der Waals surface area contributed by atoms with Crippen LogP contribution in [0.3, 0.4) is 0 Å². The summed E-state index contributed by atoms with van der Waals surface area (Å²) in [7, 11) is 8.41. The van der Waals surface area contributed by atoms with E-state index in [-0.39, 0.29) is 41.9 Å². The van der Waals surface area contributed by atoms with Crippen molar-refractivity contribution in [2.75, 3.05) is 47.6 Å². The summed E-state index contributed by atoms with van der Waals surface area (Å²) in [6.07, 6.45) is 5.40. The van der Waals surface area contributed by atoms with E-state index >= 15 is 0 Å². The number of hydrogen-bond donors (Lipinski definition) is 4. The normalized spacial score (nSPS) is 19.6. The fraction of sp³-hybridized carbons (Fsp3) is 0.707. The molecule has 10 atom stereocenters. The quantitative estimate of drug-likeness (QED) is 0.116. The third-order valence-electron chi connectivity index (χ3n) is 11.0. The molecule has 5 N–H and O–H groups in total. The second-order valence-electron chi connectivity index (χ2n) is 15.7. The van der Waals surface area contributed by atoms with E-state index in [1.165, 1.54) is 14.2 Å². The van der Waals surface area contributed by atoms with Gasteiger partial charge >= 0.3 is 0 Å². The van der Waals surface area contributed by atoms with E-state index in [1.54, 1.807) is 48.0 Å². The standard InChI is InChI=1S/C41H68N6O7/c1-14-26(7)36(46(11)41(52)34(24(3)4)44-40(51)35(25(5)6)45(9)10)32(53-12)23-33(48)47-22-16-17-31(47)38(54-13)30(15-2)39(50)43-27(8)37(49)28-18-20-29(42)21-19-28/h2,18-21,24-27,30-32,34-38,49H,14,16-17,22-23,42H2,1,3-13H3,(H,43,50)(H,44,51)/t26-,27+,30+,31-,32+,34-,35-,36-,37?,38+/m0/s1. The van der Waals surface area contributed by atoms with Crippen LogP contribution >= 0.6 is 0 Å². The van der Waals surface area contributed by atoms with Crippen molar-refractivity contribution in [3.8, 4) is 12.3 Å². The Balaban J connectivity index is 2.29.